The Morgan fingerprint density at radius 3 is 2.74 bits per heavy atom. The van der Waals surface area contributed by atoms with E-state index in [0.717, 1.165) is 0 Å². The average Bonchev–Trinajstić information content (AvgIpc) is 2.45. The summed E-state index contributed by atoms with van der Waals surface area (Å²) in [6.07, 6.45) is 1.43. The first-order valence-electron chi connectivity index (χ1n) is 5.73. The molecule has 0 saturated heterocycles. The van der Waals surface area contributed by atoms with Gasteiger partial charge >= 0.3 is 0 Å². The van der Waals surface area contributed by atoms with E-state index in [9.17, 15) is 4.39 Å². The molecule has 0 amide bonds. The number of nitrogens with one attached hydrogen (secondary N) is 1. The second-order valence-electron chi connectivity index (χ2n) is 3.87. The topological polar surface area (TPSA) is 50.3 Å². The summed E-state index contributed by atoms with van der Waals surface area (Å²) in [6, 6.07) is 6.27. The summed E-state index contributed by atoms with van der Waals surface area (Å²) in [4.78, 5) is 10.0. The maximum Gasteiger partial charge on any atom is 0.204 e. The molecule has 2 aromatic rings. The van der Waals surface area contributed by atoms with Crippen LogP contribution in [0.1, 0.15) is 0 Å². The Morgan fingerprint density at radius 2 is 2.11 bits per heavy atom. The number of ether oxygens (including phenoxy) is 1. The van der Waals surface area contributed by atoms with Gasteiger partial charge in [0, 0.05) is 19.8 Å². The van der Waals surface area contributed by atoms with Gasteiger partial charge in [-0.15, -0.1) is 0 Å². The summed E-state index contributed by atoms with van der Waals surface area (Å²) in [6.45, 7) is 0. The fraction of sp³-hybridized carbons (Fsp3) is 0.231. The van der Waals surface area contributed by atoms with Crippen LogP contribution >= 0.6 is 0 Å². The summed E-state index contributed by atoms with van der Waals surface area (Å²) < 4.78 is 18.6. The van der Waals surface area contributed by atoms with E-state index in [1.54, 1.807) is 38.2 Å². The predicted molar refractivity (Wildman–Crippen MR) is 72.6 cm³/mol. The van der Waals surface area contributed by atoms with Crippen molar-refractivity contribution < 1.29 is 9.13 Å². The van der Waals surface area contributed by atoms with Gasteiger partial charge in [-0.05, 0) is 18.2 Å². The van der Waals surface area contributed by atoms with Crippen molar-refractivity contribution in [2.24, 2.45) is 0 Å². The molecule has 1 N–H and O–H groups in total. The van der Waals surface area contributed by atoms with Crippen LogP contribution < -0.4 is 15.0 Å². The molecule has 0 saturated carbocycles. The first-order valence-corrected chi connectivity index (χ1v) is 5.73. The van der Waals surface area contributed by atoms with E-state index < -0.39 is 0 Å². The lowest BCUT2D eigenvalue weighted by Crippen LogP contribution is -2.14. The minimum Gasteiger partial charge on any atom is -0.490 e. The highest BCUT2D eigenvalue weighted by Crippen LogP contribution is 2.34. The van der Waals surface area contributed by atoms with E-state index in [0.29, 0.717) is 23.1 Å². The Kier molecular flexibility index (Phi) is 3.79. The maximum absolute atomic E-state index is 13.3. The summed E-state index contributed by atoms with van der Waals surface area (Å²) in [5, 5.41) is 2.93. The molecule has 5 nitrogen and oxygen atoms in total. The Balaban J connectivity index is 2.46. The molecule has 1 aromatic heterocycles. The van der Waals surface area contributed by atoms with Crippen LogP contribution in [0.15, 0.2) is 30.6 Å². The van der Waals surface area contributed by atoms with Gasteiger partial charge in [0.05, 0.1) is 7.11 Å². The quantitative estimate of drug-likeness (QED) is 0.917. The minimum absolute atomic E-state index is 0.300. The minimum atomic E-state index is -0.300. The van der Waals surface area contributed by atoms with Crippen LogP contribution in [0.5, 0.6) is 5.75 Å². The predicted octanol–water partition coefficient (Wildman–Crippen LogP) is 2.43. The molecule has 100 valence electrons. The standard InChI is InChI=1S/C13H15FN4O/c1-15-12-11(19-3)13(17-8-16-12)18(2)10-6-4-5-9(14)7-10/h4-8H,1-3H3,(H,15,16,17). The Labute approximate surface area is 111 Å². The van der Waals surface area contributed by atoms with Crippen molar-refractivity contribution in [1.82, 2.24) is 9.97 Å². The molecule has 0 aliphatic heterocycles. The molecule has 1 aromatic carbocycles. The molecular weight excluding hydrogens is 247 g/mol. The largest absolute Gasteiger partial charge is 0.490 e. The van der Waals surface area contributed by atoms with E-state index in [4.69, 9.17) is 4.74 Å². The zero-order valence-corrected chi connectivity index (χ0v) is 11.0. The van der Waals surface area contributed by atoms with Gasteiger partial charge in [-0.3, -0.25) is 0 Å². The number of hydrogen-bond donors (Lipinski definition) is 1. The third-order valence-corrected chi connectivity index (χ3v) is 2.74. The van der Waals surface area contributed by atoms with Gasteiger partial charge in [-0.2, -0.15) is 0 Å². The SMILES string of the molecule is CNc1ncnc(N(C)c2cccc(F)c2)c1OC. The first-order chi connectivity index (χ1) is 9.17. The highest BCUT2D eigenvalue weighted by molar-refractivity contribution is 5.70. The molecule has 6 heteroatoms. The first kappa shape index (κ1) is 13.1. The number of anilines is 3. The van der Waals surface area contributed by atoms with Crippen molar-refractivity contribution in [2.75, 3.05) is 31.4 Å². The summed E-state index contributed by atoms with van der Waals surface area (Å²) in [5.41, 5.74) is 0.680. The van der Waals surface area contributed by atoms with Gasteiger partial charge in [0.2, 0.25) is 5.75 Å². The number of hydrogen-bond acceptors (Lipinski definition) is 5. The van der Waals surface area contributed by atoms with Crippen molar-refractivity contribution in [3.8, 4) is 5.75 Å². The number of aromatic nitrogens is 2. The zero-order valence-electron chi connectivity index (χ0n) is 11.0. The van der Waals surface area contributed by atoms with Crippen molar-refractivity contribution in [1.29, 1.82) is 0 Å². The van der Waals surface area contributed by atoms with Gasteiger partial charge in [-0.1, -0.05) is 6.07 Å². The normalized spacial score (nSPS) is 10.1. The zero-order chi connectivity index (χ0) is 13.8. The van der Waals surface area contributed by atoms with Gasteiger partial charge in [-0.25, -0.2) is 14.4 Å². The molecule has 19 heavy (non-hydrogen) atoms. The highest BCUT2D eigenvalue weighted by atomic mass is 19.1. The molecule has 0 fully saturated rings. The van der Waals surface area contributed by atoms with Crippen molar-refractivity contribution in [2.45, 2.75) is 0 Å². The molecule has 0 unspecified atom stereocenters. The number of nitrogens with zero attached hydrogens (tertiary/aromatic N) is 3. The van der Waals surface area contributed by atoms with E-state index in [1.165, 1.54) is 18.5 Å². The van der Waals surface area contributed by atoms with Gasteiger partial charge < -0.3 is 15.0 Å². The lowest BCUT2D eigenvalue weighted by molar-refractivity contribution is 0.414. The molecule has 0 aliphatic carbocycles. The van der Waals surface area contributed by atoms with E-state index in [1.807, 2.05) is 0 Å². The van der Waals surface area contributed by atoms with Gasteiger partial charge in [0.1, 0.15) is 12.1 Å². The molecule has 1 heterocycles. The van der Waals surface area contributed by atoms with Crippen LogP contribution in [0.4, 0.5) is 21.7 Å². The Bertz CT molecular complexity index is 576. The second kappa shape index (κ2) is 5.51. The summed E-state index contributed by atoms with van der Waals surface area (Å²) >= 11 is 0. The molecule has 0 atom stereocenters. The van der Waals surface area contributed by atoms with Crippen LogP contribution in [-0.2, 0) is 0 Å². The Hall–Kier alpha value is -2.37. The molecule has 0 aliphatic rings. The number of methoxy groups -OCH3 is 1. The van der Waals surface area contributed by atoms with Crippen LogP contribution in [0, 0.1) is 5.82 Å². The number of benzene rings is 1. The third-order valence-electron chi connectivity index (χ3n) is 2.74. The lowest BCUT2D eigenvalue weighted by Gasteiger charge is -2.21. The molecule has 0 spiro atoms. The Morgan fingerprint density at radius 1 is 1.32 bits per heavy atom. The van der Waals surface area contributed by atoms with Gasteiger partial charge in [0.25, 0.3) is 0 Å². The monoisotopic (exact) mass is 262 g/mol. The molecule has 0 radical (unpaired) electrons. The van der Waals surface area contributed by atoms with Gasteiger partial charge in [0.15, 0.2) is 11.6 Å². The maximum atomic E-state index is 13.3. The van der Waals surface area contributed by atoms with E-state index >= 15 is 0 Å². The third kappa shape index (κ3) is 2.57. The lowest BCUT2D eigenvalue weighted by atomic mass is 10.3. The molecular formula is C13H15FN4O. The van der Waals surface area contributed by atoms with E-state index in [-0.39, 0.29) is 5.82 Å². The van der Waals surface area contributed by atoms with Crippen LogP contribution in [0.2, 0.25) is 0 Å². The molecule has 2 rings (SSSR count). The fourth-order valence-electron chi connectivity index (χ4n) is 1.78. The van der Waals surface area contributed by atoms with Crippen LogP contribution in [0.3, 0.4) is 0 Å². The summed E-state index contributed by atoms with van der Waals surface area (Å²) in [7, 11) is 5.08. The van der Waals surface area contributed by atoms with E-state index in [2.05, 4.69) is 15.3 Å². The second-order valence-corrected chi connectivity index (χ2v) is 3.87. The molecule has 0 bridgehead atoms. The van der Waals surface area contributed by atoms with Crippen LogP contribution in [-0.4, -0.2) is 31.2 Å². The fourth-order valence-corrected chi connectivity index (χ4v) is 1.78. The average molecular weight is 262 g/mol. The van der Waals surface area contributed by atoms with Crippen LogP contribution in [0.25, 0.3) is 0 Å². The number of rotatable bonds is 4. The summed E-state index contributed by atoms with van der Waals surface area (Å²) in [5.74, 6) is 1.35. The van der Waals surface area contributed by atoms with Crippen molar-refractivity contribution >= 4 is 17.3 Å². The smallest absolute Gasteiger partial charge is 0.204 e. The van der Waals surface area contributed by atoms with Crippen molar-refractivity contribution in [3.63, 3.8) is 0 Å². The number of halogens is 1. The highest BCUT2D eigenvalue weighted by Gasteiger charge is 2.16. The van der Waals surface area contributed by atoms with Crippen molar-refractivity contribution in [3.05, 3.63) is 36.4 Å².